The van der Waals surface area contributed by atoms with E-state index in [1.165, 1.54) is 19.2 Å². The summed E-state index contributed by atoms with van der Waals surface area (Å²) in [5.41, 5.74) is 2.60. The number of nitro groups is 1. The van der Waals surface area contributed by atoms with E-state index in [2.05, 4.69) is 6.07 Å². The highest BCUT2D eigenvalue weighted by Crippen LogP contribution is 2.38. The Labute approximate surface area is 190 Å². The van der Waals surface area contributed by atoms with E-state index in [0.29, 0.717) is 33.4 Å². The maximum atomic E-state index is 10.8. The largest absolute Gasteiger partial charge is 0.497 e. The molecule has 0 aliphatic rings. The highest BCUT2D eigenvalue weighted by atomic mass is 35.5. The van der Waals surface area contributed by atoms with E-state index in [0.717, 1.165) is 11.1 Å². The monoisotopic (exact) mass is 450 g/mol. The fraction of sp³-hybridized carbons (Fsp3) is 0.125. The van der Waals surface area contributed by atoms with Crippen LogP contribution in [0.1, 0.15) is 16.7 Å². The van der Waals surface area contributed by atoms with Gasteiger partial charge >= 0.3 is 0 Å². The number of halogens is 1. The van der Waals surface area contributed by atoms with E-state index in [-0.39, 0.29) is 12.3 Å². The Kier molecular flexibility index (Phi) is 7.32. The Morgan fingerprint density at radius 1 is 1.09 bits per heavy atom. The van der Waals surface area contributed by atoms with Crippen LogP contribution in [0, 0.1) is 21.4 Å². The second-order valence-corrected chi connectivity index (χ2v) is 7.05. The lowest BCUT2D eigenvalue weighted by molar-refractivity contribution is -0.384. The molecule has 0 saturated heterocycles. The molecule has 0 heterocycles. The highest BCUT2D eigenvalue weighted by molar-refractivity contribution is 6.32. The number of methoxy groups -OCH3 is 2. The van der Waals surface area contributed by atoms with Crippen molar-refractivity contribution in [1.82, 2.24) is 0 Å². The number of nitro benzene ring substituents is 1. The predicted octanol–water partition coefficient (Wildman–Crippen LogP) is 5.91. The van der Waals surface area contributed by atoms with E-state index in [1.54, 1.807) is 61.7 Å². The lowest BCUT2D eigenvalue weighted by Gasteiger charge is -2.13. The molecule has 0 bridgehead atoms. The van der Waals surface area contributed by atoms with Crippen molar-refractivity contribution >= 4 is 28.9 Å². The molecule has 8 heteroatoms. The lowest BCUT2D eigenvalue weighted by Crippen LogP contribution is -1.99. The third-order valence-corrected chi connectivity index (χ3v) is 4.90. The zero-order chi connectivity index (χ0) is 23.1. The van der Waals surface area contributed by atoms with E-state index < -0.39 is 4.92 Å². The van der Waals surface area contributed by atoms with Gasteiger partial charge < -0.3 is 14.2 Å². The Morgan fingerprint density at radius 3 is 2.34 bits per heavy atom. The van der Waals surface area contributed by atoms with E-state index >= 15 is 0 Å². The van der Waals surface area contributed by atoms with Gasteiger partial charge in [-0.1, -0.05) is 11.6 Å². The molecule has 0 amide bonds. The number of ether oxygens (including phenoxy) is 3. The van der Waals surface area contributed by atoms with Gasteiger partial charge in [0.2, 0.25) is 0 Å². The van der Waals surface area contributed by atoms with Crippen LogP contribution in [0.2, 0.25) is 5.02 Å². The van der Waals surface area contributed by atoms with Crippen LogP contribution in [0.4, 0.5) is 5.69 Å². The molecule has 0 unspecified atom stereocenters. The Balaban J connectivity index is 1.84. The normalized spacial score (nSPS) is 10.9. The number of rotatable bonds is 8. The molecule has 0 spiro atoms. The molecule has 0 aliphatic carbocycles. The Hall–Kier alpha value is -4.02. The Morgan fingerprint density at radius 2 is 1.78 bits per heavy atom. The number of allylic oxidation sites excluding steroid dienone is 1. The van der Waals surface area contributed by atoms with Crippen molar-refractivity contribution in [3.8, 4) is 23.3 Å². The van der Waals surface area contributed by atoms with Crippen LogP contribution < -0.4 is 14.2 Å². The third-order valence-electron chi connectivity index (χ3n) is 4.61. The third kappa shape index (κ3) is 5.36. The predicted molar refractivity (Wildman–Crippen MR) is 122 cm³/mol. The van der Waals surface area contributed by atoms with Crippen molar-refractivity contribution in [3.05, 3.63) is 92.5 Å². The topological polar surface area (TPSA) is 94.6 Å². The van der Waals surface area contributed by atoms with Crippen LogP contribution in [0.15, 0.2) is 60.7 Å². The summed E-state index contributed by atoms with van der Waals surface area (Å²) in [6.45, 7) is 0.151. The molecule has 0 fully saturated rings. The summed E-state index contributed by atoms with van der Waals surface area (Å²) in [5.74, 6) is 1.44. The van der Waals surface area contributed by atoms with Gasteiger partial charge in [0, 0.05) is 12.1 Å². The number of non-ortho nitro benzene ring substituents is 1. The first-order valence-electron chi connectivity index (χ1n) is 9.45. The molecule has 0 radical (unpaired) electrons. The van der Waals surface area contributed by atoms with Gasteiger partial charge in [0.15, 0.2) is 11.5 Å². The zero-order valence-corrected chi connectivity index (χ0v) is 18.1. The molecule has 3 rings (SSSR count). The summed E-state index contributed by atoms with van der Waals surface area (Å²) in [6, 6.07) is 18.8. The van der Waals surface area contributed by atoms with Crippen molar-refractivity contribution in [2.24, 2.45) is 0 Å². The summed E-state index contributed by atoms with van der Waals surface area (Å²) < 4.78 is 16.4. The lowest BCUT2D eigenvalue weighted by atomic mass is 10.0. The molecular weight excluding hydrogens is 432 g/mol. The number of nitriles is 1. The van der Waals surface area contributed by atoms with Crippen LogP contribution in [-0.4, -0.2) is 19.1 Å². The second-order valence-electron chi connectivity index (χ2n) is 6.64. The van der Waals surface area contributed by atoms with Gasteiger partial charge in [-0.05, 0) is 71.3 Å². The van der Waals surface area contributed by atoms with Gasteiger partial charge in [-0.25, -0.2) is 0 Å². The Bertz CT molecular complexity index is 1180. The number of hydrogen-bond donors (Lipinski definition) is 0. The molecule has 0 aromatic heterocycles. The van der Waals surface area contributed by atoms with Gasteiger partial charge in [0.1, 0.15) is 12.4 Å². The first-order chi connectivity index (χ1) is 15.4. The second kappa shape index (κ2) is 10.3. The average Bonchev–Trinajstić information content (AvgIpc) is 2.81. The molecule has 3 aromatic rings. The van der Waals surface area contributed by atoms with Crippen molar-refractivity contribution in [2.75, 3.05) is 14.2 Å². The van der Waals surface area contributed by atoms with Crippen LogP contribution >= 0.6 is 11.6 Å². The van der Waals surface area contributed by atoms with Gasteiger partial charge in [0.25, 0.3) is 5.69 Å². The SMILES string of the molecule is COc1ccc(/C(C#N)=C/c2cc(Cl)c(OCc3ccc([N+](=O)[O-])cc3)c(OC)c2)cc1. The fourth-order valence-corrected chi connectivity index (χ4v) is 3.22. The summed E-state index contributed by atoms with van der Waals surface area (Å²) in [5, 5.41) is 20.7. The van der Waals surface area contributed by atoms with E-state index in [4.69, 9.17) is 25.8 Å². The number of hydrogen-bond acceptors (Lipinski definition) is 6. The molecule has 162 valence electrons. The van der Waals surface area contributed by atoms with Crippen molar-refractivity contribution < 1.29 is 19.1 Å². The van der Waals surface area contributed by atoms with Crippen LogP contribution in [0.3, 0.4) is 0 Å². The summed E-state index contributed by atoms with van der Waals surface area (Å²) in [4.78, 5) is 10.3. The zero-order valence-electron chi connectivity index (χ0n) is 17.4. The minimum atomic E-state index is -0.460. The highest BCUT2D eigenvalue weighted by Gasteiger charge is 2.13. The molecule has 0 atom stereocenters. The molecule has 32 heavy (non-hydrogen) atoms. The summed E-state index contributed by atoms with van der Waals surface area (Å²) >= 11 is 6.44. The maximum absolute atomic E-state index is 10.8. The average molecular weight is 451 g/mol. The summed E-state index contributed by atoms with van der Waals surface area (Å²) in [7, 11) is 3.07. The molecule has 0 saturated carbocycles. The first kappa shape index (κ1) is 22.7. The van der Waals surface area contributed by atoms with Gasteiger partial charge in [-0.2, -0.15) is 5.26 Å². The fourth-order valence-electron chi connectivity index (χ4n) is 2.95. The van der Waals surface area contributed by atoms with Crippen LogP contribution in [0.25, 0.3) is 11.6 Å². The van der Waals surface area contributed by atoms with Gasteiger partial charge in [-0.15, -0.1) is 0 Å². The standard InChI is InChI=1S/C24H19ClN2O5/c1-30-21-9-5-18(6-10-21)19(14-26)11-17-12-22(25)24(23(13-17)31-2)32-15-16-3-7-20(8-4-16)27(28)29/h3-13H,15H2,1-2H3/b19-11+. The molecule has 7 nitrogen and oxygen atoms in total. The first-order valence-corrected chi connectivity index (χ1v) is 9.83. The van der Waals surface area contributed by atoms with E-state index in [9.17, 15) is 15.4 Å². The van der Waals surface area contributed by atoms with Crippen molar-refractivity contribution in [2.45, 2.75) is 6.61 Å². The molecular formula is C24H19ClN2O5. The summed E-state index contributed by atoms with van der Waals surface area (Å²) in [6.07, 6.45) is 1.70. The molecule has 0 N–H and O–H groups in total. The quantitative estimate of drug-likeness (QED) is 0.183. The maximum Gasteiger partial charge on any atom is 0.269 e. The van der Waals surface area contributed by atoms with E-state index in [1.807, 2.05) is 0 Å². The van der Waals surface area contributed by atoms with Crippen molar-refractivity contribution in [1.29, 1.82) is 5.26 Å². The van der Waals surface area contributed by atoms with Crippen LogP contribution in [-0.2, 0) is 6.61 Å². The number of benzene rings is 3. The number of nitrogens with zero attached hydrogens (tertiary/aromatic N) is 2. The van der Waals surface area contributed by atoms with Gasteiger partial charge in [-0.3, -0.25) is 10.1 Å². The minimum absolute atomic E-state index is 0.00524. The smallest absolute Gasteiger partial charge is 0.269 e. The van der Waals surface area contributed by atoms with Crippen molar-refractivity contribution in [3.63, 3.8) is 0 Å². The molecule has 0 aliphatic heterocycles. The molecule has 3 aromatic carbocycles. The van der Waals surface area contributed by atoms with Gasteiger partial charge in [0.05, 0.1) is 35.8 Å². The minimum Gasteiger partial charge on any atom is -0.497 e. The van der Waals surface area contributed by atoms with Crippen LogP contribution in [0.5, 0.6) is 17.2 Å².